The minimum atomic E-state index is 0.312. The van der Waals surface area contributed by atoms with Crippen LogP contribution in [0.4, 0.5) is 5.69 Å². The quantitative estimate of drug-likeness (QED) is 0.883. The van der Waals surface area contributed by atoms with E-state index in [1.807, 2.05) is 0 Å². The van der Waals surface area contributed by atoms with Gasteiger partial charge in [0.1, 0.15) is 0 Å². The maximum Gasteiger partial charge on any atom is 0.0645 e. The number of nitrogens with one attached hydrogen (secondary N) is 1. The van der Waals surface area contributed by atoms with Crippen LogP contribution in [-0.2, 0) is 4.74 Å². The molecule has 0 radical (unpaired) electrons. The number of hydrogen-bond acceptors (Lipinski definition) is 3. The van der Waals surface area contributed by atoms with Crippen molar-refractivity contribution < 1.29 is 4.74 Å². The van der Waals surface area contributed by atoms with Crippen molar-refractivity contribution >= 4 is 5.69 Å². The Morgan fingerprint density at radius 3 is 2.89 bits per heavy atom. The summed E-state index contributed by atoms with van der Waals surface area (Å²) in [5.41, 5.74) is 2.79. The smallest absolute Gasteiger partial charge is 0.0645 e. The van der Waals surface area contributed by atoms with E-state index < -0.39 is 0 Å². The molecule has 0 saturated carbocycles. The number of ether oxygens (including phenoxy) is 1. The van der Waals surface area contributed by atoms with E-state index in [9.17, 15) is 0 Å². The number of benzene rings is 1. The lowest BCUT2D eigenvalue weighted by Crippen LogP contribution is -2.29. The van der Waals surface area contributed by atoms with Crippen LogP contribution in [0, 0.1) is 0 Å². The molecule has 1 aromatic rings. The van der Waals surface area contributed by atoms with Gasteiger partial charge in [-0.25, -0.2) is 0 Å². The Morgan fingerprint density at radius 1 is 1.37 bits per heavy atom. The molecular formula is C16H26N2O. The van der Waals surface area contributed by atoms with Crippen LogP contribution in [0.25, 0.3) is 0 Å². The van der Waals surface area contributed by atoms with Crippen molar-refractivity contribution in [3.8, 4) is 0 Å². The average molecular weight is 262 g/mol. The largest absolute Gasteiger partial charge is 0.377 e. The fourth-order valence-electron chi connectivity index (χ4n) is 2.76. The number of anilines is 1. The Labute approximate surface area is 116 Å². The first-order valence-electron chi connectivity index (χ1n) is 7.35. The van der Waals surface area contributed by atoms with Gasteiger partial charge in [-0.15, -0.1) is 0 Å². The topological polar surface area (TPSA) is 24.5 Å². The fourth-order valence-corrected chi connectivity index (χ4v) is 2.76. The van der Waals surface area contributed by atoms with Crippen LogP contribution in [-0.4, -0.2) is 32.8 Å². The zero-order valence-corrected chi connectivity index (χ0v) is 12.4. The van der Waals surface area contributed by atoms with E-state index in [2.05, 4.69) is 55.4 Å². The third kappa shape index (κ3) is 3.71. The summed E-state index contributed by atoms with van der Waals surface area (Å²) in [5, 5.41) is 3.44. The zero-order valence-electron chi connectivity index (χ0n) is 12.4. The van der Waals surface area contributed by atoms with Gasteiger partial charge >= 0.3 is 0 Å². The second-order valence-electron chi connectivity index (χ2n) is 5.45. The highest BCUT2D eigenvalue weighted by Crippen LogP contribution is 2.32. The molecule has 1 N–H and O–H groups in total. The van der Waals surface area contributed by atoms with Crippen LogP contribution < -0.4 is 10.2 Å². The van der Waals surface area contributed by atoms with Crippen LogP contribution in [0.5, 0.6) is 0 Å². The van der Waals surface area contributed by atoms with Gasteiger partial charge < -0.3 is 15.0 Å². The Morgan fingerprint density at radius 2 is 2.16 bits per heavy atom. The second kappa shape index (κ2) is 6.92. The van der Waals surface area contributed by atoms with Gasteiger partial charge in [0, 0.05) is 24.8 Å². The van der Waals surface area contributed by atoms with E-state index in [1.165, 1.54) is 24.1 Å². The van der Waals surface area contributed by atoms with Crippen molar-refractivity contribution in [2.75, 3.05) is 31.6 Å². The van der Waals surface area contributed by atoms with Crippen LogP contribution in [0.1, 0.15) is 38.3 Å². The fraction of sp³-hybridized carbons (Fsp3) is 0.625. The van der Waals surface area contributed by atoms with E-state index in [-0.39, 0.29) is 0 Å². The molecule has 2 rings (SSSR count). The summed E-state index contributed by atoms with van der Waals surface area (Å²) in [6, 6.07) is 9.23. The first kappa shape index (κ1) is 14.4. The highest BCUT2D eigenvalue weighted by atomic mass is 16.5. The van der Waals surface area contributed by atoms with Gasteiger partial charge in [-0.3, -0.25) is 0 Å². The van der Waals surface area contributed by atoms with E-state index in [0.29, 0.717) is 12.1 Å². The molecule has 19 heavy (non-hydrogen) atoms. The molecule has 1 unspecified atom stereocenters. The van der Waals surface area contributed by atoms with Crippen molar-refractivity contribution in [1.29, 1.82) is 0 Å². The summed E-state index contributed by atoms with van der Waals surface area (Å²) < 4.78 is 5.70. The van der Waals surface area contributed by atoms with Crippen LogP contribution in [0.15, 0.2) is 24.3 Å². The molecule has 0 saturated heterocycles. The Balaban J connectivity index is 2.11. The second-order valence-corrected chi connectivity index (χ2v) is 5.45. The molecule has 0 amide bonds. The molecule has 1 aliphatic heterocycles. The molecule has 0 aromatic heterocycles. The van der Waals surface area contributed by atoms with E-state index in [4.69, 9.17) is 4.74 Å². The Kier molecular flexibility index (Phi) is 5.23. The minimum absolute atomic E-state index is 0.312. The third-order valence-corrected chi connectivity index (χ3v) is 3.73. The van der Waals surface area contributed by atoms with Gasteiger partial charge in [0.15, 0.2) is 0 Å². The summed E-state index contributed by atoms with van der Waals surface area (Å²) >= 11 is 0. The monoisotopic (exact) mass is 262 g/mol. The van der Waals surface area contributed by atoms with Gasteiger partial charge in [0.2, 0.25) is 0 Å². The standard InChI is InChI=1S/C16H26N2O/c1-13(2)19-12-11-18-10-6-8-15(17-3)14-7-4-5-9-16(14)18/h4-5,7,9,13,15,17H,6,8,10-12H2,1-3H3. The lowest BCUT2D eigenvalue weighted by Gasteiger charge is -2.26. The number of para-hydroxylation sites is 1. The Bertz CT molecular complexity index is 392. The molecule has 0 aliphatic carbocycles. The van der Waals surface area contributed by atoms with E-state index in [1.54, 1.807) is 0 Å². The molecule has 3 nitrogen and oxygen atoms in total. The SMILES string of the molecule is CNC1CCCN(CCOC(C)C)c2ccccc21. The summed E-state index contributed by atoms with van der Waals surface area (Å²) in [4.78, 5) is 2.47. The summed E-state index contributed by atoms with van der Waals surface area (Å²) in [5.74, 6) is 0. The highest BCUT2D eigenvalue weighted by Gasteiger charge is 2.21. The highest BCUT2D eigenvalue weighted by molar-refractivity contribution is 5.55. The molecule has 1 aliphatic rings. The van der Waals surface area contributed by atoms with Crippen molar-refractivity contribution in [2.45, 2.75) is 38.8 Å². The summed E-state index contributed by atoms with van der Waals surface area (Å²) in [6.07, 6.45) is 2.74. The molecule has 0 bridgehead atoms. The predicted molar refractivity (Wildman–Crippen MR) is 80.8 cm³/mol. The summed E-state index contributed by atoms with van der Waals surface area (Å²) in [7, 11) is 2.05. The molecule has 1 heterocycles. The maximum absolute atomic E-state index is 5.70. The van der Waals surface area contributed by atoms with Crippen LogP contribution in [0.3, 0.4) is 0 Å². The van der Waals surface area contributed by atoms with Crippen molar-refractivity contribution in [3.05, 3.63) is 29.8 Å². The van der Waals surface area contributed by atoms with Gasteiger partial charge in [0.05, 0.1) is 12.7 Å². The van der Waals surface area contributed by atoms with Crippen molar-refractivity contribution in [2.24, 2.45) is 0 Å². The van der Waals surface area contributed by atoms with Gasteiger partial charge in [0.25, 0.3) is 0 Å². The molecule has 1 aromatic carbocycles. The minimum Gasteiger partial charge on any atom is -0.377 e. The van der Waals surface area contributed by atoms with Crippen molar-refractivity contribution in [1.82, 2.24) is 5.32 Å². The zero-order chi connectivity index (χ0) is 13.7. The van der Waals surface area contributed by atoms with Gasteiger partial charge in [-0.2, -0.15) is 0 Å². The average Bonchev–Trinajstić information content (AvgIpc) is 2.58. The molecule has 106 valence electrons. The van der Waals surface area contributed by atoms with E-state index >= 15 is 0 Å². The van der Waals surface area contributed by atoms with Crippen LogP contribution in [0.2, 0.25) is 0 Å². The summed E-state index contributed by atoms with van der Waals surface area (Å²) in [6.45, 7) is 7.08. The number of nitrogens with zero attached hydrogens (tertiary/aromatic N) is 1. The van der Waals surface area contributed by atoms with Crippen molar-refractivity contribution in [3.63, 3.8) is 0 Å². The van der Waals surface area contributed by atoms with Gasteiger partial charge in [-0.05, 0) is 45.4 Å². The predicted octanol–water partition coefficient (Wildman–Crippen LogP) is 2.97. The number of fused-ring (bicyclic) bond motifs is 1. The lowest BCUT2D eigenvalue weighted by molar-refractivity contribution is 0.0840. The molecule has 3 heteroatoms. The normalized spacial score (nSPS) is 19.4. The molecular weight excluding hydrogens is 236 g/mol. The first-order valence-corrected chi connectivity index (χ1v) is 7.35. The first-order chi connectivity index (χ1) is 9.22. The molecule has 0 spiro atoms. The molecule has 1 atom stereocenters. The maximum atomic E-state index is 5.70. The number of hydrogen-bond donors (Lipinski definition) is 1. The Hall–Kier alpha value is -1.06. The third-order valence-electron chi connectivity index (χ3n) is 3.73. The number of rotatable bonds is 5. The van der Waals surface area contributed by atoms with Crippen LogP contribution >= 0.6 is 0 Å². The van der Waals surface area contributed by atoms with Gasteiger partial charge in [-0.1, -0.05) is 18.2 Å². The molecule has 0 fully saturated rings. The lowest BCUT2D eigenvalue weighted by atomic mass is 10.0. The van der Waals surface area contributed by atoms with E-state index in [0.717, 1.165) is 19.7 Å².